The summed E-state index contributed by atoms with van der Waals surface area (Å²) in [4.78, 5) is 28.2. The van der Waals surface area contributed by atoms with Gasteiger partial charge in [-0.15, -0.1) is 0 Å². The Morgan fingerprint density at radius 3 is 2.76 bits per heavy atom. The Labute approximate surface area is 152 Å². The molecule has 1 heterocycles. The van der Waals surface area contributed by atoms with E-state index in [0.29, 0.717) is 34.7 Å². The predicted octanol–water partition coefficient (Wildman–Crippen LogP) is 4.84. The maximum absolute atomic E-state index is 12.7. The minimum Gasteiger partial charge on any atom is -0.458 e. The number of hydrogen-bond acceptors (Lipinski definition) is 3. The van der Waals surface area contributed by atoms with Crippen LogP contribution in [0.1, 0.15) is 70.3 Å². The minimum atomic E-state index is -0.400. The smallest absolute Gasteiger partial charge is 0.355 e. The van der Waals surface area contributed by atoms with Gasteiger partial charge in [0, 0.05) is 22.7 Å². The van der Waals surface area contributed by atoms with Crippen LogP contribution < -0.4 is 0 Å². The van der Waals surface area contributed by atoms with Gasteiger partial charge in [0.05, 0.1) is 6.10 Å². The lowest BCUT2D eigenvalue weighted by Gasteiger charge is -2.22. The number of fused-ring (bicyclic) bond motifs is 1. The van der Waals surface area contributed by atoms with E-state index in [-0.39, 0.29) is 17.8 Å². The van der Waals surface area contributed by atoms with Gasteiger partial charge in [-0.2, -0.15) is 0 Å². The fourth-order valence-corrected chi connectivity index (χ4v) is 3.68. The van der Waals surface area contributed by atoms with Gasteiger partial charge in [0.2, 0.25) is 0 Å². The molecule has 1 aromatic carbocycles. The number of nitrogens with one attached hydrogen (secondary N) is 1. The number of H-pyrrole nitrogens is 1. The van der Waals surface area contributed by atoms with Crippen LogP contribution in [0.25, 0.3) is 0 Å². The molecule has 0 bridgehead atoms. The van der Waals surface area contributed by atoms with Gasteiger partial charge in [-0.25, -0.2) is 4.79 Å². The average molecular weight is 360 g/mol. The molecular weight excluding hydrogens is 338 g/mol. The molecule has 0 fully saturated rings. The summed E-state index contributed by atoms with van der Waals surface area (Å²) in [5, 5.41) is 0.670. The normalized spacial score (nSPS) is 17.9. The van der Waals surface area contributed by atoms with Crippen LogP contribution in [0.15, 0.2) is 24.3 Å². The zero-order valence-electron chi connectivity index (χ0n) is 14.7. The van der Waals surface area contributed by atoms with Crippen molar-refractivity contribution in [2.75, 3.05) is 0 Å². The third-order valence-electron chi connectivity index (χ3n) is 4.92. The lowest BCUT2D eigenvalue weighted by Crippen LogP contribution is -2.18. The third-order valence-corrected chi connectivity index (χ3v) is 5.27. The van der Waals surface area contributed by atoms with E-state index in [2.05, 4.69) is 4.98 Å². The summed E-state index contributed by atoms with van der Waals surface area (Å²) in [6, 6.07) is 7.60. The van der Waals surface area contributed by atoms with Gasteiger partial charge in [0.25, 0.3) is 0 Å². The highest BCUT2D eigenvalue weighted by molar-refractivity contribution is 6.31. The first kappa shape index (κ1) is 17.7. The van der Waals surface area contributed by atoms with Crippen LogP contribution in [0.5, 0.6) is 0 Å². The minimum absolute atomic E-state index is 0.0187. The lowest BCUT2D eigenvalue weighted by molar-refractivity contribution is 0.0327. The number of aromatic nitrogens is 1. The van der Waals surface area contributed by atoms with Crippen molar-refractivity contribution in [2.24, 2.45) is 0 Å². The molecule has 1 N–H and O–H groups in total. The van der Waals surface area contributed by atoms with Gasteiger partial charge in [0.1, 0.15) is 5.69 Å². The van der Waals surface area contributed by atoms with Crippen molar-refractivity contribution in [2.45, 2.75) is 52.1 Å². The second-order valence-corrected chi connectivity index (χ2v) is 7.06. The zero-order valence-corrected chi connectivity index (χ0v) is 15.4. The topological polar surface area (TPSA) is 59.2 Å². The quantitative estimate of drug-likeness (QED) is 0.794. The van der Waals surface area contributed by atoms with E-state index in [9.17, 15) is 9.59 Å². The van der Waals surface area contributed by atoms with Gasteiger partial charge in [0.15, 0.2) is 5.78 Å². The summed E-state index contributed by atoms with van der Waals surface area (Å²) in [6.45, 7) is 5.62. The molecule has 1 aliphatic rings. The van der Waals surface area contributed by atoms with E-state index < -0.39 is 5.97 Å². The molecule has 132 valence electrons. The maximum atomic E-state index is 12.7. The SMILES string of the molecule is CC[C@H](C)OC(=O)c1[nH]c2c(c1C)C(=O)C[C@H](c1ccccc1Cl)C2. The van der Waals surface area contributed by atoms with E-state index in [1.54, 1.807) is 6.92 Å². The number of ketones is 1. The molecule has 0 radical (unpaired) electrons. The van der Waals surface area contributed by atoms with E-state index in [1.165, 1.54) is 0 Å². The van der Waals surface area contributed by atoms with Crippen molar-refractivity contribution in [3.63, 3.8) is 0 Å². The molecule has 1 aliphatic carbocycles. The highest BCUT2D eigenvalue weighted by Gasteiger charge is 2.33. The number of Topliss-reactive ketones (excluding diaryl/α,β-unsaturated/α-hetero) is 1. The largest absolute Gasteiger partial charge is 0.458 e. The van der Waals surface area contributed by atoms with Crippen molar-refractivity contribution in [1.82, 2.24) is 4.98 Å². The number of carbonyl (C=O) groups is 2. The summed E-state index contributed by atoms with van der Waals surface area (Å²) >= 11 is 6.30. The Bertz CT molecular complexity index is 824. The van der Waals surface area contributed by atoms with Crippen LogP contribution in [0.4, 0.5) is 0 Å². The summed E-state index contributed by atoms with van der Waals surface area (Å²) in [6.07, 6.45) is 1.65. The molecule has 0 saturated heterocycles. The molecule has 4 nitrogen and oxygen atoms in total. The number of ether oxygens (including phenoxy) is 1. The lowest BCUT2D eigenvalue weighted by atomic mass is 9.81. The Morgan fingerprint density at radius 1 is 1.36 bits per heavy atom. The first-order valence-electron chi connectivity index (χ1n) is 8.62. The first-order valence-corrected chi connectivity index (χ1v) is 9.00. The van der Waals surface area contributed by atoms with E-state index in [1.807, 2.05) is 38.1 Å². The van der Waals surface area contributed by atoms with Crippen molar-refractivity contribution in [1.29, 1.82) is 0 Å². The molecule has 0 saturated carbocycles. The summed E-state index contributed by atoms with van der Waals surface area (Å²) in [5.74, 6) is -0.337. The Morgan fingerprint density at radius 2 is 2.08 bits per heavy atom. The van der Waals surface area contributed by atoms with Gasteiger partial charge in [-0.1, -0.05) is 36.7 Å². The maximum Gasteiger partial charge on any atom is 0.355 e. The van der Waals surface area contributed by atoms with Gasteiger partial charge in [-0.05, 0) is 49.8 Å². The van der Waals surface area contributed by atoms with E-state index >= 15 is 0 Å². The van der Waals surface area contributed by atoms with Crippen molar-refractivity contribution in [3.8, 4) is 0 Å². The number of rotatable bonds is 4. The molecule has 25 heavy (non-hydrogen) atoms. The van der Waals surface area contributed by atoms with Gasteiger partial charge >= 0.3 is 5.97 Å². The van der Waals surface area contributed by atoms with Crippen LogP contribution in [-0.4, -0.2) is 22.8 Å². The second-order valence-electron chi connectivity index (χ2n) is 6.65. The molecule has 2 aromatic rings. The number of esters is 1. The Kier molecular flexibility index (Phi) is 5.00. The molecule has 1 aromatic heterocycles. The van der Waals surface area contributed by atoms with Gasteiger partial charge in [-0.3, -0.25) is 4.79 Å². The van der Waals surface area contributed by atoms with Crippen LogP contribution in [-0.2, 0) is 11.2 Å². The first-order chi connectivity index (χ1) is 11.9. The van der Waals surface area contributed by atoms with Gasteiger partial charge < -0.3 is 9.72 Å². The summed E-state index contributed by atoms with van der Waals surface area (Å²) < 4.78 is 5.41. The zero-order chi connectivity index (χ0) is 18.1. The van der Waals surface area contributed by atoms with E-state index in [4.69, 9.17) is 16.3 Å². The molecule has 2 atom stereocenters. The molecular formula is C20H22ClNO3. The fraction of sp³-hybridized carbons (Fsp3) is 0.400. The number of halogens is 1. The highest BCUT2D eigenvalue weighted by atomic mass is 35.5. The van der Waals surface area contributed by atoms with Crippen LogP contribution >= 0.6 is 11.6 Å². The van der Waals surface area contributed by atoms with Crippen molar-refractivity contribution in [3.05, 3.63) is 57.4 Å². The summed E-state index contributed by atoms with van der Waals surface area (Å²) in [7, 11) is 0. The number of carbonyl (C=O) groups excluding carboxylic acids is 2. The summed E-state index contributed by atoms with van der Waals surface area (Å²) in [5.41, 5.74) is 3.48. The van der Waals surface area contributed by atoms with Crippen LogP contribution in [0.3, 0.4) is 0 Å². The number of hydrogen-bond donors (Lipinski definition) is 1. The molecule has 0 spiro atoms. The molecule has 5 heteroatoms. The average Bonchev–Trinajstić information content (AvgIpc) is 2.92. The molecule has 0 amide bonds. The molecule has 0 aliphatic heterocycles. The monoisotopic (exact) mass is 359 g/mol. The molecule has 3 rings (SSSR count). The van der Waals surface area contributed by atoms with Crippen LogP contribution in [0.2, 0.25) is 5.02 Å². The molecule has 0 unspecified atom stereocenters. The van der Waals surface area contributed by atoms with Crippen molar-refractivity contribution < 1.29 is 14.3 Å². The van der Waals surface area contributed by atoms with E-state index in [0.717, 1.165) is 17.7 Å². The Hall–Kier alpha value is -2.07. The fourth-order valence-electron chi connectivity index (χ4n) is 3.39. The second kappa shape index (κ2) is 7.04. The van der Waals surface area contributed by atoms with Crippen molar-refractivity contribution >= 4 is 23.4 Å². The number of benzene rings is 1. The third kappa shape index (κ3) is 3.36. The highest BCUT2D eigenvalue weighted by Crippen LogP contribution is 2.37. The Balaban J connectivity index is 1.92. The number of aromatic amines is 1. The predicted molar refractivity (Wildman–Crippen MR) is 97.5 cm³/mol. The standard InChI is InChI=1S/C20H22ClNO3/c1-4-11(2)25-20(24)19-12(3)18-16(22-19)9-13(10-17(18)23)14-7-5-6-8-15(14)21/h5-8,11,13,22H,4,9-10H2,1-3H3/t11-,13+/m0/s1. The van der Waals surface area contributed by atoms with Crippen LogP contribution in [0, 0.1) is 6.92 Å².